The maximum atomic E-state index is 12.6. The fourth-order valence-corrected chi connectivity index (χ4v) is 7.39. The van der Waals surface area contributed by atoms with E-state index in [-0.39, 0.29) is 0 Å². The summed E-state index contributed by atoms with van der Waals surface area (Å²) in [6, 6.07) is 19.7. The van der Waals surface area contributed by atoms with Crippen molar-refractivity contribution in [3.63, 3.8) is 0 Å². The largest absolute Gasteiger partial charge is 0.389 e. The van der Waals surface area contributed by atoms with Gasteiger partial charge in [0.25, 0.3) is 0 Å². The number of hydrogen-bond donors (Lipinski definition) is 0. The van der Waals surface area contributed by atoms with E-state index in [9.17, 15) is 9.59 Å². The molecule has 136 valence electrons. The van der Waals surface area contributed by atoms with Crippen molar-refractivity contribution in [1.82, 2.24) is 0 Å². The van der Waals surface area contributed by atoms with Crippen LogP contribution < -0.4 is 0 Å². The Hall–Kier alpha value is -1.28. The summed E-state index contributed by atoms with van der Waals surface area (Å²) >= 11 is 10.3. The lowest BCUT2D eigenvalue weighted by Crippen LogP contribution is -2.36. The number of carbonyl (C=O) groups is 2. The minimum absolute atomic E-state index is 0.359. The predicted octanol–water partition coefficient (Wildman–Crippen LogP) is 5.91. The topological polar surface area (TPSA) is 43.4 Å². The molecule has 4 rings (SSSR count). The van der Waals surface area contributed by atoms with E-state index in [1.165, 1.54) is 11.8 Å². The number of thioether (sulfide) groups is 2. The number of benzene rings is 2. The van der Waals surface area contributed by atoms with Gasteiger partial charge in [-0.15, -0.1) is 11.8 Å². The Balaban J connectivity index is 1.81. The van der Waals surface area contributed by atoms with Gasteiger partial charge in [-0.3, -0.25) is 4.79 Å². The molecule has 1 fully saturated rings. The number of alkyl halides is 1. The molecule has 1 heterocycles. The molecule has 2 aromatic carbocycles. The van der Waals surface area contributed by atoms with E-state index in [1.807, 2.05) is 66.7 Å². The Morgan fingerprint density at radius 2 is 1.52 bits per heavy atom. The molecule has 2 atom stereocenters. The standard InChI is InChI=1S/C20H12Br2O3S2/c21-14-11-15(26-12-7-3-1-4-8-12)20(22,27-13-9-5-2-6-10-13)17-16(14)18(23)25-19(17)24/h1-11,17H. The molecule has 0 amide bonds. The average Bonchev–Trinajstić information content (AvgIpc) is 2.97. The molecule has 27 heavy (non-hydrogen) atoms. The first-order chi connectivity index (χ1) is 13.0. The van der Waals surface area contributed by atoms with Gasteiger partial charge < -0.3 is 4.74 Å². The summed E-state index contributed by atoms with van der Waals surface area (Å²) in [5, 5.41) is 0. The zero-order valence-electron chi connectivity index (χ0n) is 13.7. The van der Waals surface area contributed by atoms with E-state index < -0.39 is 21.5 Å². The SMILES string of the molecule is O=C1OC(=O)C2C1=C(Br)C=C(Sc1ccccc1)C2(Br)Sc1ccccc1. The molecule has 2 aliphatic rings. The van der Waals surface area contributed by atoms with Crippen molar-refractivity contribution in [2.45, 2.75) is 13.4 Å². The van der Waals surface area contributed by atoms with E-state index in [1.54, 1.807) is 11.8 Å². The van der Waals surface area contributed by atoms with E-state index in [0.29, 0.717) is 10.1 Å². The van der Waals surface area contributed by atoms with Crippen molar-refractivity contribution in [3.05, 3.63) is 81.7 Å². The van der Waals surface area contributed by atoms with Gasteiger partial charge in [-0.1, -0.05) is 80.0 Å². The van der Waals surface area contributed by atoms with Gasteiger partial charge in [-0.2, -0.15) is 0 Å². The first kappa shape index (κ1) is 19.1. The smallest absolute Gasteiger partial charge is 0.343 e. The van der Waals surface area contributed by atoms with E-state index in [4.69, 9.17) is 4.74 Å². The van der Waals surface area contributed by atoms with Crippen LogP contribution in [0, 0.1) is 5.92 Å². The molecule has 1 saturated heterocycles. The normalized spacial score (nSPS) is 24.5. The van der Waals surface area contributed by atoms with Gasteiger partial charge in [-0.05, 0) is 30.3 Å². The third-order valence-electron chi connectivity index (χ3n) is 4.14. The lowest BCUT2D eigenvalue weighted by atomic mass is 9.93. The Morgan fingerprint density at radius 1 is 0.926 bits per heavy atom. The molecule has 1 aliphatic carbocycles. The molecule has 0 radical (unpaired) electrons. The number of hydrogen-bond acceptors (Lipinski definition) is 5. The fraction of sp³-hybridized carbons (Fsp3) is 0.100. The Kier molecular flexibility index (Phi) is 5.38. The fourth-order valence-electron chi connectivity index (χ4n) is 2.93. The number of carbonyl (C=O) groups excluding carboxylic acids is 2. The van der Waals surface area contributed by atoms with Crippen molar-refractivity contribution >= 4 is 67.3 Å². The number of esters is 2. The summed E-state index contributed by atoms with van der Waals surface area (Å²) in [7, 11) is 0. The van der Waals surface area contributed by atoms with Crippen LogP contribution in [0.5, 0.6) is 0 Å². The molecule has 1 aliphatic heterocycles. The highest BCUT2D eigenvalue weighted by atomic mass is 79.9. The third kappa shape index (κ3) is 3.58. The van der Waals surface area contributed by atoms with Gasteiger partial charge in [0.05, 0.1) is 5.57 Å². The Labute approximate surface area is 181 Å². The summed E-state index contributed by atoms with van der Waals surface area (Å²) in [6.45, 7) is 0. The van der Waals surface area contributed by atoms with Crippen LogP contribution in [0.3, 0.4) is 0 Å². The second-order valence-corrected chi connectivity index (χ2v) is 11.0. The number of rotatable bonds is 4. The molecule has 0 spiro atoms. The van der Waals surface area contributed by atoms with Crippen LogP contribution in [0.25, 0.3) is 0 Å². The summed E-state index contributed by atoms with van der Waals surface area (Å²) in [6.07, 6.45) is 1.90. The third-order valence-corrected chi connectivity index (χ3v) is 8.99. The van der Waals surface area contributed by atoms with Crippen molar-refractivity contribution in [1.29, 1.82) is 0 Å². The van der Waals surface area contributed by atoms with Gasteiger partial charge in [0.1, 0.15) is 9.57 Å². The lowest BCUT2D eigenvalue weighted by molar-refractivity contribution is -0.152. The summed E-state index contributed by atoms with van der Waals surface area (Å²) < 4.78 is 4.70. The molecule has 0 saturated carbocycles. The summed E-state index contributed by atoms with van der Waals surface area (Å²) in [4.78, 5) is 27.8. The first-order valence-electron chi connectivity index (χ1n) is 8.03. The van der Waals surface area contributed by atoms with Gasteiger partial charge in [0, 0.05) is 19.2 Å². The van der Waals surface area contributed by atoms with Crippen molar-refractivity contribution < 1.29 is 14.3 Å². The Bertz CT molecular complexity index is 973. The van der Waals surface area contributed by atoms with Crippen molar-refractivity contribution in [3.8, 4) is 0 Å². The summed E-state index contributed by atoms with van der Waals surface area (Å²) in [5.41, 5.74) is 0.359. The second kappa shape index (κ2) is 7.62. The molecule has 3 nitrogen and oxygen atoms in total. The quantitative estimate of drug-likeness (QED) is 0.283. The maximum Gasteiger partial charge on any atom is 0.343 e. The van der Waals surface area contributed by atoms with Crippen LogP contribution in [0.4, 0.5) is 0 Å². The van der Waals surface area contributed by atoms with Crippen LogP contribution in [-0.2, 0) is 14.3 Å². The van der Waals surface area contributed by atoms with Crippen LogP contribution in [0.1, 0.15) is 0 Å². The van der Waals surface area contributed by atoms with Crippen molar-refractivity contribution in [2.75, 3.05) is 0 Å². The van der Waals surface area contributed by atoms with Gasteiger partial charge in [0.15, 0.2) is 0 Å². The lowest BCUT2D eigenvalue weighted by Gasteiger charge is -2.35. The molecule has 0 bridgehead atoms. The second-order valence-electron chi connectivity index (χ2n) is 5.89. The van der Waals surface area contributed by atoms with E-state index >= 15 is 0 Å². The molecular formula is C20H12Br2O3S2. The predicted molar refractivity (Wildman–Crippen MR) is 115 cm³/mol. The minimum Gasteiger partial charge on any atom is -0.389 e. The Morgan fingerprint density at radius 3 is 2.15 bits per heavy atom. The van der Waals surface area contributed by atoms with E-state index in [0.717, 1.165) is 14.7 Å². The molecule has 0 N–H and O–H groups in total. The zero-order valence-corrected chi connectivity index (χ0v) is 18.5. The van der Waals surface area contributed by atoms with Crippen LogP contribution in [0.2, 0.25) is 0 Å². The van der Waals surface area contributed by atoms with E-state index in [2.05, 4.69) is 31.9 Å². The molecule has 0 aromatic heterocycles. The molecule has 2 unspecified atom stereocenters. The van der Waals surface area contributed by atoms with Gasteiger partial charge >= 0.3 is 11.9 Å². The van der Waals surface area contributed by atoms with Crippen LogP contribution in [-0.4, -0.2) is 15.6 Å². The highest BCUT2D eigenvalue weighted by molar-refractivity contribution is 9.12. The van der Waals surface area contributed by atoms with Crippen LogP contribution in [0.15, 0.2) is 91.5 Å². The number of fused-ring (bicyclic) bond motifs is 1. The summed E-state index contributed by atoms with van der Waals surface area (Å²) in [5.74, 6) is -1.86. The number of ether oxygens (including phenoxy) is 1. The number of halogens is 2. The van der Waals surface area contributed by atoms with Gasteiger partial charge in [-0.25, -0.2) is 4.79 Å². The first-order valence-corrected chi connectivity index (χ1v) is 11.2. The van der Waals surface area contributed by atoms with Crippen LogP contribution >= 0.6 is 55.4 Å². The minimum atomic E-state index is -0.843. The highest BCUT2D eigenvalue weighted by Crippen LogP contribution is 2.60. The highest BCUT2D eigenvalue weighted by Gasteiger charge is 2.57. The maximum absolute atomic E-state index is 12.6. The number of cyclic esters (lactones) is 2. The monoisotopic (exact) mass is 522 g/mol. The average molecular weight is 524 g/mol. The van der Waals surface area contributed by atoms with Gasteiger partial charge in [0.2, 0.25) is 0 Å². The number of allylic oxidation sites excluding steroid dienone is 2. The molecular weight excluding hydrogens is 512 g/mol. The molecule has 7 heteroatoms. The van der Waals surface area contributed by atoms with Crippen molar-refractivity contribution in [2.24, 2.45) is 5.92 Å². The molecule has 2 aromatic rings. The zero-order chi connectivity index (χ0) is 19.0.